The highest BCUT2D eigenvalue weighted by Crippen LogP contribution is 2.26. The van der Waals surface area contributed by atoms with E-state index in [1.54, 1.807) is 17.7 Å². The number of aromatic nitrogens is 3. The van der Waals surface area contributed by atoms with E-state index in [2.05, 4.69) is 10.3 Å². The van der Waals surface area contributed by atoms with Gasteiger partial charge in [0, 0.05) is 47.1 Å². The summed E-state index contributed by atoms with van der Waals surface area (Å²) in [6, 6.07) is 8.99. The van der Waals surface area contributed by atoms with Crippen LogP contribution in [0.15, 0.2) is 41.3 Å². The molecule has 152 valence electrons. The van der Waals surface area contributed by atoms with Crippen molar-refractivity contribution in [3.63, 3.8) is 0 Å². The third-order valence-electron chi connectivity index (χ3n) is 5.13. The summed E-state index contributed by atoms with van der Waals surface area (Å²) < 4.78 is 3.42. The van der Waals surface area contributed by atoms with E-state index < -0.39 is 6.04 Å². The molecular weight excluding hydrogens is 368 g/mol. The van der Waals surface area contributed by atoms with Crippen LogP contribution >= 0.6 is 0 Å². The van der Waals surface area contributed by atoms with E-state index in [0.29, 0.717) is 30.8 Å². The average Bonchev–Trinajstić information content (AvgIpc) is 3.04. The lowest BCUT2D eigenvalue weighted by atomic mass is 10.1. The van der Waals surface area contributed by atoms with Gasteiger partial charge in [-0.25, -0.2) is 4.79 Å². The fraction of sp³-hybridized carbons (Fsp3) is 0.364. The number of carbonyl (C=O) groups excluding carboxylic acids is 2. The molecule has 0 aliphatic carbocycles. The van der Waals surface area contributed by atoms with E-state index in [-0.39, 0.29) is 17.4 Å². The lowest BCUT2D eigenvalue weighted by molar-refractivity contribution is -0.124. The maximum atomic E-state index is 12.9. The summed E-state index contributed by atoms with van der Waals surface area (Å²) in [5.74, 6) is -0.175. The van der Waals surface area contributed by atoms with Crippen molar-refractivity contribution in [3.05, 3.63) is 64.0 Å². The van der Waals surface area contributed by atoms with Crippen molar-refractivity contribution < 1.29 is 9.59 Å². The van der Waals surface area contributed by atoms with Crippen LogP contribution in [0, 0.1) is 13.8 Å². The van der Waals surface area contributed by atoms with E-state index in [9.17, 15) is 14.4 Å². The van der Waals surface area contributed by atoms with Crippen LogP contribution in [-0.4, -0.2) is 32.4 Å². The number of hydrogen-bond donors (Lipinski definition) is 1. The molecule has 0 aliphatic rings. The number of rotatable bonds is 7. The number of hydrogen-bond acceptors (Lipinski definition) is 4. The largest absolute Gasteiger partial charge is 0.353 e. The zero-order chi connectivity index (χ0) is 21.1. The zero-order valence-electron chi connectivity index (χ0n) is 17.2. The number of benzene rings is 1. The third kappa shape index (κ3) is 4.13. The van der Waals surface area contributed by atoms with Crippen LogP contribution in [0.5, 0.6) is 0 Å². The van der Waals surface area contributed by atoms with Crippen LogP contribution in [0.2, 0.25) is 0 Å². The summed E-state index contributed by atoms with van der Waals surface area (Å²) in [4.78, 5) is 40.9. The Bertz CT molecular complexity index is 1130. The van der Waals surface area contributed by atoms with Crippen LogP contribution in [0.25, 0.3) is 10.9 Å². The molecule has 0 bridgehead atoms. The van der Waals surface area contributed by atoms with Gasteiger partial charge in [-0.05, 0) is 39.3 Å². The number of nitrogens with zero attached hydrogens (tertiary/aromatic N) is 3. The Kier molecular flexibility index (Phi) is 5.96. The highest BCUT2D eigenvalue weighted by atomic mass is 16.2. The van der Waals surface area contributed by atoms with Crippen molar-refractivity contribution in [3.8, 4) is 0 Å². The lowest BCUT2D eigenvalue weighted by Crippen LogP contribution is -2.36. The Balaban J connectivity index is 1.79. The van der Waals surface area contributed by atoms with Gasteiger partial charge in [0.1, 0.15) is 6.04 Å². The number of nitrogens with one attached hydrogen (secondary N) is 1. The quantitative estimate of drug-likeness (QED) is 0.625. The van der Waals surface area contributed by atoms with Gasteiger partial charge in [0.15, 0.2) is 5.78 Å². The molecular formula is C22H26N4O3. The smallest absolute Gasteiger partial charge is 0.348 e. The van der Waals surface area contributed by atoms with Crippen LogP contribution in [0.3, 0.4) is 0 Å². The highest BCUT2D eigenvalue weighted by molar-refractivity contribution is 6.07. The summed E-state index contributed by atoms with van der Waals surface area (Å²) in [5.41, 5.74) is 2.64. The Morgan fingerprint density at radius 3 is 2.59 bits per heavy atom. The summed E-state index contributed by atoms with van der Waals surface area (Å²) in [6.07, 6.45) is 2.34. The molecule has 0 spiro atoms. The number of amides is 1. The first kappa shape index (κ1) is 20.5. The molecule has 0 saturated carbocycles. The second-order valence-corrected chi connectivity index (χ2v) is 7.21. The lowest BCUT2D eigenvalue weighted by Gasteiger charge is -2.19. The van der Waals surface area contributed by atoms with Gasteiger partial charge in [0.2, 0.25) is 5.91 Å². The van der Waals surface area contributed by atoms with E-state index >= 15 is 0 Å². The SMILES string of the molecule is CCC(C(=O)NCCn1c(C)cc(C)nc1=O)n1cc(C(C)=O)c2ccccc21. The maximum Gasteiger partial charge on any atom is 0.348 e. The molecule has 0 aliphatic heterocycles. The minimum atomic E-state index is -0.443. The molecule has 1 unspecified atom stereocenters. The molecule has 1 amide bonds. The predicted octanol–water partition coefficient (Wildman–Crippen LogP) is 2.78. The molecule has 1 aromatic carbocycles. The Hall–Kier alpha value is -3.22. The molecule has 1 N–H and O–H groups in total. The minimum absolute atomic E-state index is 0.0306. The van der Waals surface area contributed by atoms with Crippen molar-refractivity contribution in [1.29, 1.82) is 0 Å². The van der Waals surface area contributed by atoms with E-state index in [4.69, 9.17) is 0 Å². The second kappa shape index (κ2) is 8.43. The third-order valence-corrected chi connectivity index (χ3v) is 5.13. The summed E-state index contributed by atoms with van der Waals surface area (Å²) in [7, 11) is 0. The van der Waals surface area contributed by atoms with Gasteiger partial charge in [-0.1, -0.05) is 25.1 Å². The number of fused-ring (bicyclic) bond motifs is 1. The first-order chi connectivity index (χ1) is 13.8. The minimum Gasteiger partial charge on any atom is -0.353 e. The number of Topliss-reactive ketones (excluding diaryl/α,β-unsaturated/α-hetero) is 1. The molecule has 2 aromatic heterocycles. The molecule has 0 saturated heterocycles. The van der Waals surface area contributed by atoms with Crippen LogP contribution in [0.1, 0.15) is 48.1 Å². The van der Waals surface area contributed by atoms with Gasteiger partial charge in [-0.2, -0.15) is 4.98 Å². The van der Waals surface area contributed by atoms with E-state index in [1.165, 1.54) is 6.92 Å². The second-order valence-electron chi connectivity index (χ2n) is 7.21. The van der Waals surface area contributed by atoms with Crippen LogP contribution < -0.4 is 11.0 Å². The summed E-state index contributed by atoms with van der Waals surface area (Å²) >= 11 is 0. The predicted molar refractivity (Wildman–Crippen MR) is 112 cm³/mol. The average molecular weight is 394 g/mol. The normalized spacial score (nSPS) is 12.1. The number of aryl methyl sites for hydroxylation is 2. The van der Waals surface area contributed by atoms with Crippen LogP contribution in [-0.2, 0) is 11.3 Å². The highest BCUT2D eigenvalue weighted by Gasteiger charge is 2.22. The molecule has 7 heteroatoms. The Labute approximate surface area is 169 Å². The van der Waals surface area contributed by atoms with Gasteiger partial charge >= 0.3 is 5.69 Å². The van der Waals surface area contributed by atoms with Gasteiger partial charge in [0.25, 0.3) is 0 Å². The van der Waals surface area contributed by atoms with Crippen molar-refractivity contribution in [2.75, 3.05) is 6.54 Å². The molecule has 0 radical (unpaired) electrons. The maximum absolute atomic E-state index is 12.9. The molecule has 1 atom stereocenters. The molecule has 3 aromatic rings. The first-order valence-electron chi connectivity index (χ1n) is 9.76. The summed E-state index contributed by atoms with van der Waals surface area (Å²) in [6.45, 7) is 7.77. The van der Waals surface area contributed by atoms with Crippen molar-refractivity contribution in [2.45, 2.75) is 46.7 Å². The van der Waals surface area contributed by atoms with Gasteiger partial charge in [-0.15, -0.1) is 0 Å². The fourth-order valence-electron chi connectivity index (χ4n) is 3.71. The monoisotopic (exact) mass is 394 g/mol. The van der Waals surface area contributed by atoms with Gasteiger partial charge < -0.3 is 9.88 Å². The molecule has 7 nitrogen and oxygen atoms in total. The molecule has 3 rings (SSSR count). The number of carbonyl (C=O) groups is 2. The zero-order valence-corrected chi connectivity index (χ0v) is 17.2. The summed E-state index contributed by atoms with van der Waals surface area (Å²) in [5, 5.41) is 3.77. The first-order valence-corrected chi connectivity index (χ1v) is 9.76. The fourth-order valence-corrected chi connectivity index (χ4v) is 3.71. The topological polar surface area (TPSA) is 86.0 Å². The van der Waals surface area contributed by atoms with Gasteiger partial charge in [-0.3, -0.25) is 14.2 Å². The van der Waals surface area contributed by atoms with E-state index in [1.807, 2.05) is 48.7 Å². The molecule has 29 heavy (non-hydrogen) atoms. The standard InChI is InChI=1S/C22H26N4O3/c1-5-19(26-13-18(16(4)27)17-8-6-7-9-20(17)26)21(28)23-10-11-25-15(3)12-14(2)24-22(25)29/h6-9,12-13,19H,5,10-11H2,1-4H3,(H,23,28). The van der Waals surface area contributed by atoms with Crippen molar-refractivity contribution in [2.24, 2.45) is 0 Å². The molecule has 0 fully saturated rings. The van der Waals surface area contributed by atoms with E-state index in [0.717, 1.165) is 16.6 Å². The van der Waals surface area contributed by atoms with Crippen LogP contribution in [0.4, 0.5) is 0 Å². The van der Waals surface area contributed by atoms with Crippen molar-refractivity contribution in [1.82, 2.24) is 19.4 Å². The Morgan fingerprint density at radius 1 is 1.21 bits per heavy atom. The van der Waals surface area contributed by atoms with Gasteiger partial charge in [0.05, 0.1) is 0 Å². The number of ketones is 1. The Morgan fingerprint density at radius 2 is 1.93 bits per heavy atom. The number of para-hydroxylation sites is 1. The molecule has 2 heterocycles. The van der Waals surface area contributed by atoms with Crippen molar-refractivity contribution >= 4 is 22.6 Å².